The molecule has 1 unspecified atom stereocenters. The molecule has 0 aromatic carbocycles. The second kappa shape index (κ2) is 6.78. The first-order chi connectivity index (χ1) is 9.07. The molecule has 0 nitrogen and oxygen atoms in total. The summed E-state index contributed by atoms with van der Waals surface area (Å²) in [4.78, 5) is 0. The highest BCUT2D eigenvalue weighted by Crippen LogP contribution is 2.53. The van der Waals surface area contributed by atoms with Gasteiger partial charge in [0.1, 0.15) is 0 Å². The lowest BCUT2D eigenvalue weighted by Crippen LogP contribution is -2.36. The molecule has 0 amide bonds. The Morgan fingerprint density at radius 1 is 0.737 bits per heavy atom. The van der Waals surface area contributed by atoms with E-state index in [0.29, 0.717) is 0 Å². The Morgan fingerprint density at radius 2 is 1.16 bits per heavy atom. The summed E-state index contributed by atoms with van der Waals surface area (Å²) in [5.41, 5.74) is 2.32. The zero-order chi connectivity index (χ0) is 13.9. The van der Waals surface area contributed by atoms with Gasteiger partial charge in [0.2, 0.25) is 0 Å². The van der Waals surface area contributed by atoms with Crippen molar-refractivity contribution in [2.75, 3.05) is 0 Å². The molecule has 2 aliphatic carbocycles. The summed E-state index contributed by atoms with van der Waals surface area (Å²) in [5, 5.41) is 0. The Kier molecular flexibility index (Phi) is 5.57. The molecule has 0 heterocycles. The minimum atomic E-state index is -0.979. The molecule has 0 aliphatic heterocycles. The Labute approximate surface area is 122 Å². The zero-order valence-corrected chi connectivity index (χ0v) is 14.9. The molecule has 2 aliphatic rings. The Bertz CT molecular complexity index is 245. The molecule has 0 N–H and O–H groups in total. The van der Waals surface area contributed by atoms with Gasteiger partial charge in [0.15, 0.2) is 0 Å². The van der Waals surface area contributed by atoms with Crippen LogP contribution in [0.3, 0.4) is 0 Å². The molecule has 0 saturated heterocycles. The van der Waals surface area contributed by atoms with Gasteiger partial charge in [-0.05, 0) is 35.8 Å². The summed E-state index contributed by atoms with van der Waals surface area (Å²) >= 11 is 0. The fraction of sp³-hybridized carbons (Fsp3) is 1.00. The summed E-state index contributed by atoms with van der Waals surface area (Å²) in [6, 6.07) is 0. The average molecular weight is 281 g/mol. The SMILES string of the molecule is CCCC1CC[C@H]([Si](C)(C)[C@H]2CC[C@H](CCC)C2)C1. The number of rotatable bonds is 6. The van der Waals surface area contributed by atoms with Gasteiger partial charge in [-0.3, -0.25) is 0 Å². The largest absolute Gasteiger partial charge is 0.0689 e. The highest BCUT2D eigenvalue weighted by Gasteiger charge is 2.44. The molecule has 4 atom stereocenters. The Morgan fingerprint density at radius 3 is 1.53 bits per heavy atom. The molecule has 0 spiro atoms. The molecular weight excluding hydrogens is 244 g/mol. The standard InChI is InChI=1S/C18H36Si/c1-5-7-15-9-11-17(13-15)19(3,4)18-12-10-16(14-18)8-6-2/h15-18H,5-14H2,1-4H3/t15-,16?,17-,18-/m0/s1. The molecule has 0 radical (unpaired) electrons. The minimum Gasteiger partial charge on any atom is -0.0689 e. The van der Waals surface area contributed by atoms with Gasteiger partial charge in [-0.1, -0.05) is 78.3 Å². The fourth-order valence-corrected chi connectivity index (χ4v) is 9.55. The number of hydrogen-bond acceptors (Lipinski definition) is 0. The topological polar surface area (TPSA) is 0 Å². The molecule has 1 heteroatoms. The third-order valence-corrected chi connectivity index (χ3v) is 11.8. The van der Waals surface area contributed by atoms with Gasteiger partial charge in [0.05, 0.1) is 8.07 Å². The highest BCUT2D eigenvalue weighted by molar-refractivity contribution is 6.80. The van der Waals surface area contributed by atoms with Gasteiger partial charge in [0.25, 0.3) is 0 Å². The van der Waals surface area contributed by atoms with Gasteiger partial charge in [-0.15, -0.1) is 0 Å². The second-order valence-corrected chi connectivity index (χ2v) is 13.4. The summed E-state index contributed by atoms with van der Waals surface area (Å²) in [6.07, 6.45) is 15.3. The van der Waals surface area contributed by atoms with Crippen molar-refractivity contribution in [3.63, 3.8) is 0 Å². The quantitative estimate of drug-likeness (QED) is 0.479. The molecule has 2 saturated carbocycles. The lowest BCUT2D eigenvalue weighted by atomic mass is 10.0. The molecule has 112 valence electrons. The van der Waals surface area contributed by atoms with Crippen LogP contribution in [0.4, 0.5) is 0 Å². The van der Waals surface area contributed by atoms with Gasteiger partial charge < -0.3 is 0 Å². The van der Waals surface area contributed by atoms with Crippen LogP contribution in [-0.2, 0) is 0 Å². The van der Waals surface area contributed by atoms with Crippen LogP contribution in [0, 0.1) is 11.8 Å². The van der Waals surface area contributed by atoms with Crippen molar-refractivity contribution in [1.29, 1.82) is 0 Å². The third-order valence-electron chi connectivity index (χ3n) is 6.58. The predicted molar refractivity (Wildman–Crippen MR) is 89.5 cm³/mol. The van der Waals surface area contributed by atoms with E-state index >= 15 is 0 Å². The maximum absolute atomic E-state index is 2.74. The van der Waals surface area contributed by atoms with E-state index in [1.165, 1.54) is 25.7 Å². The van der Waals surface area contributed by atoms with Crippen molar-refractivity contribution < 1.29 is 0 Å². The zero-order valence-electron chi connectivity index (χ0n) is 13.9. The minimum absolute atomic E-state index is 0.979. The molecule has 0 bridgehead atoms. The van der Waals surface area contributed by atoms with Gasteiger partial charge in [0, 0.05) is 0 Å². The summed E-state index contributed by atoms with van der Waals surface area (Å²) in [5.74, 6) is 2.18. The lowest BCUT2D eigenvalue weighted by molar-refractivity contribution is 0.491. The summed E-state index contributed by atoms with van der Waals surface area (Å²) in [7, 11) is -0.979. The fourth-order valence-electron chi connectivity index (χ4n) is 5.18. The monoisotopic (exact) mass is 280 g/mol. The van der Waals surface area contributed by atoms with Gasteiger partial charge in [-0.2, -0.15) is 0 Å². The van der Waals surface area contributed by atoms with E-state index in [2.05, 4.69) is 26.9 Å². The maximum atomic E-state index is 2.74. The van der Waals surface area contributed by atoms with E-state index in [9.17, 15) is 0 Å². The summed E-state index contributed by atoms with van der Waals surface area (Å²) < 4.78 is 0. The van der Waals surface area contributed by atoms with Crippen molar-refractivity contribution in [2.45, 2.75) is 102 Å². The van der Waals surface area contributed by atoms with E-state index in [4.69, 9.17) is 0 Å². The lowest BCUT2D eigenvalue weighted by Gasteiger charge is -2.36. The van der Waals surface area contributed by atoms with E-state index in [-0.39, 0.29) is 0 Å². The van der Waals surface area contributed by atoms with Crippen molar-refractivity contribution in [3.8, 4) is 0 Å². The van der Waals surface area contributed by atoms with Crippen LogP contribution in [0.5, 0.6) is 0 Å². The molecular formula is C18H36Si. The van der Waals surface area contributed by atoms with Crippen LogP contribution < -0.4 is 0 Å². The van der Waals surface area contributed by atoms with Crippen LogP contribution >= 0.6 is 0 Å². The molecule has 19 heavy (non-hydrogen) atoms. The van der Waals surface area contributed by atoms with Crippen LogP contribution in [-0.4, -0.2) is 8.07 Å². The first-order valence-corrected chi connectivity index (χ1v) is 12.2. The molecule has 2 fully saturated rings. The third kappa shape index (κ3) is 3.65. The first kappa shape index (κ1) is 15.6. The van der Waals surface area contributed by atoms with Crippen LogP contribution in [0.1, 0.15) is 78.1 Å². The highest BCUT2D eigenvalue weighted by atomic mass is 28.3. The molecule has 2 rings (SSSR count). The van der Waals surface area contributed by atoms with Gasteiger partial charge in [-0.25, -0.2) is 0 Å². The van der Waals surface area contributed by atoms with E-state index in [0.717, 1.165) is 22.9 Å². The van der Waals surface area contributed by atoms with Crippen molar-refractivity contribution in [3.05, 3.63) is 0 Å². The molecule has 0 aromatic heterocycles. The van der Waals surface area contributed by atoms with Crippen LogP contribution in [0.2, 0.25) is 24.2 Å². The summed E-state index contributed by atoms with van der Waals surface area (Å²) in [6.45, 7) is 10.2. The predicted octanol–water partition coefficient (Wildman–Crippen LogP) is 6.64. The smallest absolute Gasteiger partial charge is 0.0536 e. The van der Waals surface area contributed by atoms with Crippen molar-refractivity contribution in [1.82, 2.24) is 0 Å². The van der Waals surface area contributed by atoms with Crippen LogP contribution in [0.15, 0.2) is 0 Å². The van der Waals surface area contributed by atoms with E-state index in [1.807, 2.05) is 0 Å². The second-order valence-electron chi connectivity index (χ2n) is 8.15. The van der Waals surface area contributed by atoms with Crippen LogP contribution in [0.25, 0.3) is 0 Å². The number of hydrogen-bond donors (Lipinski definition) is 0. The van der Waals surface area contributed by atoms with Crippen molar-refractivity contribution in [2.24, 2.45) is 11.8 Å². The first-order valence-electron chi connectivity index (χ1n) is 9.07. The van der Waals surface area contributed by atoms with E-state index in [1.54, 1.807) is 38.5 Å². The maximum Gasteiger partial charge on any atom is 0.0536 e. The average Bonchev–Trinajstić information content (AvgIpc) is 2.99. The van der Waals surface area contributed by atoms with Gasteiger partial charge >= 0.3 is 0 Å². The Hall–Kier alpha value is 0.217. The van der Waals surface area contributed by atoms with E-state index < -0.39 is 8.07 Å². The molecule has 0 aromatic rings. The van der Waals surface area contributed by atoms with Crippen molar-refractivity contribution >= 4 is 8.07 Å². The Balaban J connectivity index is 1.88. The normalized spacial score (nSPS) is 36.0.